The zero-order valence-electron chi connectivity index (χ0n) is 24.5. The molecule has 1 amide bonds. The summed E-state index contributed by atoms with van der Waals surface area (Å²) in [6, 6.07) is 17.4. The van der Waals surface area contributed by atoms with Crippen molar-refractivity contribution in [2.75, 3.05) is 19.0 Å². The van der Waals surface area contributed by atoms with Crippen LogP contribution in [0.2, 0.25) is 10.0 Å². The summed E-state index contributed by atoms with van der Waals surface area (Å²) < 4.78 is 23.3. The Hall–Kier alpha value is -3.46. The van der Waals surface area contributed by atoms with Gasteiger partial charge in [0.1, 0.15) is 17.2 Å². The summed E-state index contributed by atoms with van der Waals surface area (Å²) in [6.45, 7) is 3.35. The van der Waals surface area contributed by atoms with Crippen molar-refractivity contribution in [2.45, 2.75) is 62.6 Å². The van der Waals surface area contributed by atoms with Crippen molar-refractivity contribution in [3.05, 3.63) is 93.5 Å². The van der Waals surface area contributed by atoms with Gasteiger partial charge in [-0.15, -0.1) is 0 Å². The van der Waals surface area contributed by atoms with Gasteiger partial charge in [0.25, 0.3) is 0 Å². The van der Waals surface area contributed by atoms with Gasteiger partial charge in [0.05, 0.1) is 28.7 Å². The Bertz CT molecular complexity index is 1790. The fourth-order valence-corrected chi connectivity index (χ4v) is 8.09. The van der Waals surface area contributed by atoms with Crippen LogP contribution in [0, 0.1) is 11.7 Å². The molecule has 10 heteroatoms. The molecule has 7 nitrogen and oxygen atoms in total. The monoisotopic (exact) mass is 634 g/mol. The maximum atomic E-state index is 16.1. The van der Waals surface area contributed by atoms with Crippen LogP contribution in [-0.4, -0.2) is 51.6 Å². The number of carbonyl (C=O) groups is 2. The average molecular weight is 636 g/mol. The van der Waals surface area contributed by atoms with Crippen LogP contribution in [-0.2, 0) is 16.1 Å². The van der Waals surface area contributed by atoms with E-state index >= 15 is 4.39 Å². The van der Waals surface area contributed by atoms with E-state index in [2.05, 4.69) is 14.8 Å². The maximum absolute atomic E-state index is 16.1. The third-order valence-corrected chi connectivity index (χ3v) is 10.6. The molecule has 228 valence electrons. The van der Waals surface area contributed by atoms with Crippen molar-refractivity contribution >= 4 is 51.8 Å². The Morgan fingerprint density at radius 2 is 1.89 bits per heavy atom. The van der Waals surface area contributed by atoms with Crippen LogP contribution in [0.1, 0.15) is 66.2 Å². The van der Waals surface area contributed by atoms with Crippen LogP contribution in [0.4, 0.5) is 10.1 Å². The Morgan fingerprint density at radius 3 is 2.61 bits per heavy atom. The number of hydrogen-bond acceptors (Lipinski definition) is 5. The number of nitrogens with one attached hydrogen (secondary N) is 1. The normalized spacial score (nSPS) is 24.9. The number of carbonyl (C=O) groups excluding carboxylic acids is 2. The lowest BCUT2D eigenvalue weighted by atomic mass is 9.73. The summed E-state index contributed by atoms with van der Waals surface area (Å²) in [6.07, 6.45) is 4.13. The molecule has 0 bridgehead atoms. The number of methoxy groups -OCH3 is 1. The van der Waals surface area contributed by atoms with Gasteiger partial charge in [-0.1, -0.05) is 47.8 Å². The number of halogens is 3. The minimum absolute atomic E-state index is 0.0149. The number of anilines is 1. The molecule has 0 spiro atoms. The predicted octanol–water partition coefficient (Wildman–Crippen LogP) is 7.42. The Balaban J connectivity index is 1.42. The van der Waals surface area contributed by atoms with Gasteiger partial charge in [-0.2, -0.15) is 0 Å². The molecule has 1 aromatic heterocycles. The van der Waals surface area contributed by atoms with Crippen LogP contribution < -0.4 is 5.32 Å². The minimum atomic E-state index is -1.15. The summed E-state index contributed by atoms with van der Waals surface area (Å²) in [7, 11) is 1.35. The number of ether oxygens (including phenoxy) is 1. The van der Waals surface area contributed by atoms with Gasteiger partial charge in [0.15, 0.2) is 0 Å². The second-order valence-electron chi connectivity index (χ2n) is 12.4. The molecule has 44 heavy (non-hydrogen) atoms. The van der Waals surface area contributed by atoms with Crippen molar-refractivity contribution in [1.82, 2.24) is 14.5 Å². The average Bonchev–Trinajstić information content (AvgIpc) is 3.48. The quantitative estimate of drug-likeness (QED) is 0.223. The first kappa shape index (κ1) is 29.3. The van der Waals surface area contributed by atoms with Crippen LogP contribution >= 0.6 is 23.2 Å². The van der Waals surface area contributed by atoms with Gasteiger partial charge < -0.3 is 14.6 Å². The summed E-state index contributed by atoms with van der Waals surface area (Å²) in [5.41, 5.74) is 1.78. The molecule has 0 unspecified atom stereocenters. The molecular weight excluding hydrogens is 602 g/mol. The highest BCUT2D eigenvalue weighted by atomic mass is 35.5. The maximum Gasteiger partial charge on any atom is 0.337 e. The summed E-state index contributed by atoms with van der Waals surface area (Å²) >= 11 is 12.7. The van der Waals surface area contributed by atoms with E-state index in [1.54, 1.807) is 48.5 Å². The van der Waals surface area contributed by atoms with Crippen molar-refractivity contribution in [2.24, 2.45) is 5.92 Å². The van der Waals surface area contributed by atoms with E-state index in [0.29, 0.717) is 39.8 Å². The number of aromatic nitrogens is 2. The molecular formula is C34H33Cl2FN4O3. The smallest absolute Gasteiger partial charge is 0.337 e. The molecule has 2 aliphatic heterocycles. The lowest BCUT2D eigenvalue weighted by Gasteiger charge is -2.43. The van der Waals surface area contributed by atoms with Gasteiger partial charge in [-0.3, -0.25) is 9.69 Å². The first-order valence-electron chi connectivity index (χ1n) is 15.1. The molecule has 1 aliphatic carbocycles. The number of fused-ring (bicyclic) bond motifs is 5. The van der Waals surface area contributed by atoms with Crippen LogP contribution in [0.25, 0.3) is 11.0 Å². The largest absolute Gasteiger partial charge is 0.465 e. The number of nitrogens with zero attached hydrogens (tertiary/aromatic N) is 3. The standard InChI is InChI=1S/C34H33Cl2FN4O3/c1-34(33(43)38-22-9-4-8-21(35)17-22)29(23-10-5-11-24(36)30(23)37)28-27(41(34)18-19-6-3-7-19)14-15-40-26-13-12-20(32(42)44-2)16-25(26)39-31(28)40/h4-5,8-13,16-17,19,27-29H,3,6-7,14-15,18H2,1-2H3,(H,38,43)/t27-,28+,29-,34+/m0/s1. The molecule has 0 radical (unpaired) electrons. The molecule has 4 atom stereocenters. The summed E-state index contributed by atoms with van der Waals surface area (Å²) in [4.78, 5) is 34.4. The summed E-state index contributed by atoms with van der Waals surface area (Å²) in [5.74, 6) is -0.879. The number of likely N-dealkylation sites (tertiary alicyclic amines) is 1. The second kappa shape index (κ2) is 11.2. The summed E-state index contributed by atoms with van der Waals surface area (Å²) in [5, 5.41) is 3.65. The minimum Gasteiger partial charge on any atom is -0.465 e. The Kier molecular flexibility index (Phi) is 7.42. The van der Waals surface area contributed by atoms with Gasteiger partial charge >= 0.3 is 5.97 Å². The highest BCUT2D eigenvalue weighted by Gasteiger charge is 2.63. The number of benzene rings is 3. The number of esters is 1. The van der Waals surface area contributed by atoms with Gasteiger partial charge in [0.2, 0.25) is 5.91 Å². The van der Waals surface area contributed by atoms with E-state index in [1.807, 2.05) is 13.0 Å². The first-order chi connectivity index (χ1) is 21.2. The Morgan fingerprint density at radius 1 is 1.09 bits per heavy atom. The zero-order chi connectivity index (χ0) is 30.7. The van der Waals surface area contributed by atoms with Crippen molar-refractivity contribution < 1.29 is 18.7 Å². The fourth-order valence-electron chi connectivity index (χ4n) is 7.72. The van der Waals surface area contributed by atoms with Gasteiger partial charge in [-0.05, 0) is 80.1 Å². The zero-order valence-corrected chi connectivity index (χ0v) is 26.0. The molecule has 3 aliphatic rings. The van der Waals surface area contributed by atoms with E-state index in [1.165, 1.54) is 19.6 Å². The first-order valence-corrected chi connectivity index (χ1v) is 15.8. The third-order valence-electron chi connectivity index (χ3n) is 10.1. The third kappa shape index (κ3) is 4.61. The lowest BCUT2D eigenvalue weighted by Crippen LogP contribution is -2.57. The molecule has 1 saturated carbocycles. The van der Waals surface area contributed by atoms with Crippen molar-refractivity contribution in [1.29, 1.82) is 0 Å². The number of imidazole rings is 1. The molecule has 1 saturated heterocycles. The number of amides is 1. The molecule has 7 rings (SSSR count). The molecule has 3 heterocycles. The van der Waals surface area contributed by atoms with E-state index in [-0.39, 0.29) is 22.9 Å². The van der Waals surface area contributed by atoms with E-state index in [0.717, 1.165) is 37.1 Å². The molecule has 4 aromatic rings. The molecule has 3 aromatic carbocycles. The van der Waals surface area contributed by atoms with Crippen LogP contribution in [0.3, 0.4) is 0 Å². The highest BCUT2D eigenvalue weighted by Crippen LogP contribution is 2.58. The number of aryl methyl sites for hydroxylation is 1. The van der Waals surface area contributed by atoms with Crippen LogP contribution in [0.15, 0.2) is 60.7 Å². The van der Waals surface area contributed by atoms with E-state index < -0.39 is 23.2 Å². The van der Waals surface area contributed by atoms with E-state index in [4.69, 9.17) is 32.9 Å². The second-order valence-corrected chi connectivity index (χ2v) is 13.2. The predicted molar refractivity (Wildman–Crippen MR) is 169 cm³/mol. The number of rotatable bonds is 6. The molecule has 2 fully saturated rings. The lowest BCUT2D eigenvalue weighted by molar-refractivity contribution is -0.128. The highest BCUT2D eigenvalue weighted by molar-refractivity contribution is 6.31. The van der Waals surface area contributed by atoms with Gasteiger partial charge in [-0.25, -0.2) is 14.2 Å². The topological polar surface area (TPSA) is 76.5 Å². The number of hydrogen-bond donors (Lipinski definition) is 1. The Labute approximate surface area is 265 Å². The van der Waals surface area contributed by atoms with E-state index in [9.17, 15) is 9.59 Å². The van der Waals surface area contributed by atoms with Crippen molar-refractivity contribution in [3.8, 4) is 0 Å². The fraction of sp³-hybridized carbons (Fsp3) is 0.382. The SMILES string of the molecule is COC(=O)c1ccc2c(c1)nc1n2CC[C@H]2[C@@H]1[C@H](c1cccc(Cl)c1F)[C@](C)(C(=O)Nc1cccc(Cl)c1)N2CC1CCC1. The van der Waals surface area contributed by atoms with Crippen molar-refractivity contribution in [3.63, 3.8) is 0 Å². The van der Waals surface area contributed by atoms with Crippen LogP contribution in [0.5, 0.6) is 0 Å². The van der Waals surface area contributed by atoms with Gasteiger partial charge in [0, 0.05) is 41.7 Å². The molecule has 1 N–H and O–H groups in total.